The van der Waals surface area contributed by atoms with Gasteiger partial charge in [-0.3, -0.25) is 4.79 Å². The monoisotopic (exact) mass is 142 g/mol. The normalized spacial score (nSPS) is 24.5. The second-order valence-corrected chi connectivity index (χ2v) is 2.41. The first-order valence-electron chi connectivity index (χ1n) is 3.28. The van der Waals surface area contributed by atoms with Gasteiger partial charge in [0, 0.05) is 0 Å². The number of allylic oxidation sites excluding steroid dienone is 1. The molecule has 0 aliphatic heterocycles. The number of carboxylic acids is 1. The molecule has 56 valence electrons. The quantitative estimate of drug-likeness (QED) is 0.548. The van der Waals surface area contributed by atoms with Crippen molar-refractivity contribution in [3.05, 3.63) is 11.6 Å². The zero-order chi connectivity index (χ0) is 7.56. The van der Waals surface area contributed by atoms with Crippen molar-refractivity contribution < 1.29 is 15.0 Å². The maximum atomic E-state index is 10.4. The van der Waals surface area contributed by atoms with Gasteiger partial charge >= 0.3 is 5.97 Å². The van der Waals surface area contributed by atoms with Crippen LogP contribution in [0.25, 0.3) is 0 Å². The lowest BCUT2D eigenvalue weighted by Crippen LogP contribution is -2.14. The summed E-state index contributed by atoms with van der Waals surface area (Å²) < 4.78 is 0. The predicted molar refractivity (Wildman–Crippen MR) is 35.5 cm³/mol. The highest BCUT2D eigenvalue weighted by Gasteiger charge is 2.24. The first kappa shape index (κ1) is 7.28. The van der Waals surface area contributed by atoms with E-state index in [1.54, 1.807) is 6.08 Å². The summed E-state index contributed by atoms with van der Waals surface area (Å²) in [6, 6.07) is 0. The second kappa shape index (κ2) is 2.84. The van der Waals surface area contributed by atoms with Crippen LogP contribution in [0.2, 0.25) is 0 Å². The molecule has 1 aliphatic carbocycles. The number of hydrogen-bond donors (Lipinski definition) is 2. The van der Waals surface area contributed by atoms with Crippen LogP contribution in [0.15, 0.2) is 11.6 Å². The van der Waals surface area contributed by atoms with Crippen LogP contribution in [-0.4, -0.2) is 22.8 Å². The Morgan fingerprint density at radius 1 is 1.80 bits per heavy atom. The van der Waals surface area contributed by atoms with Crippen LogP contribution in [0.1, 0.15) is 12.8 Å². The van der Waals surface area contributed by atoms with E-state index >= 15 is 0 Å². The number of aliphatic hydroxyl groups excluding tert-OH is 1. The van der Waals surface area contributed by atoms with Crippen molar-refractivity contribution in [2.24, 2.45) is 5.92 Å². The Morgan fingerprint density at radius 2 is 2.50 bits per heavy atom. The van der Waals surface area contributed by atoms with Crippen LogP contribution >= 0.6 is 0 Å². The zero-order valence-corrected chi connectivity index (χ0v) is 5.58. The minimum atomic E-state index is -0.821. The molecule has 0 spiro atoms. The van der Waals surface area contributed by atoms with E-state index < -0.39 is 11.9 Å². The van der Waals surface area contributed by atoms with E-state index in [9.17, 15) is 4.79 Å². The SMILES string of the molecule is O=C(O)C1CCC=C1CO. The highest BCUT2D eigenvalue weighted by atomic mass is 16.4. The highest BCUT2D eigenvalue weighted by molar-refractivity contribution is 5.74. The van der Waals surface area contributed by atoms with E-state index in [2.05, 4.69) is 0 Å². The van der Waals surface area contributed by atoms with Crippen LogP contribution in [-0.2, 0) is 4.79 Å². The molecular weight excluding hydrogens is 132 g/mol. The van der Waals surface area contributed by atoms with E-state index in [0.29, 0.717) is 12.0 Å². The molecule has 0 saturated carbocycles. The van der Waals surface area contributed by atoms with Gasteiger partial charge in [-0.15, -0.1) is 0 Å². The number of carbonyl (C=O) groups is 1. The molecule has 2 N–H and O–H groups in total. The third-order valence-corrected chi connectivity index (χ3v) is 1.79. The standard InChI is InChI=1S/C7H10O3/c8-4-5-2-1-3-6(5)7(9)10/h2,6,8H,1,3-4H2,(H,9,10). The van der Waals surface area contributed by atoms with Crippen molar-refractivity contribution in [2.45, 2.75) is 12.8 Å². The van der Waals surface area contributed by atoms with Gasteiger partial charge in [-0.1, -0.05) is 6.08 Å². The van der Waals surface area contributed by atoms with Gasteiger partial charge < -0.3 is 10.2 Å². The zero-order valence-electron chi connectivity index (χ0n) is 5.58. The highest BCUT2D eigenvalue weighted by Crippen LogP contribution is 2.24. The minimum Gasteiger partial charge on any atom is -0.481 e. The summed E-state index contributed by atoms with van der Waals surface area (Å²) >= 11 is 0. The van der Waals surface area contributed by atoms with Crippen molar-refractivity contribution in [3.63, 3.8) is 0 Å². The Bertz CT molecular complexity index is 172. The van der Waals surface area contributed by atoms with E-state index in [1.165, 1.54) is 0 Å². The van der Waals surface area contributed by atoms with Gasteiger partial charge in [-0.25, -0.2) is 0 Å². The number of rotatable bonds is 2. The number of aliphatic carboxylic acids is 1. The molecule has 3 nitrogen and oxygen atoms in total. The largest absolute Gasteiger partial charge is 0.481 e. The summed E-state index contributed by atoms with van der Waals surface area (Å²) in [6.07, 6.45) is 3.23. The molecule has 0 amide bonds. The lowest BCUT2D eigenvalue weighted by molar-refractivity contribution is -0.140. The van der Waals surface area contributed by atoms with Gasteiger partial charge in [0.25, 0.3) is 0 Å². The number of hydrogen-bond acceptors (Lipinski definition) is 2. The lowest BCUT2D eigenvalue weighted by atomic mass is 10.0. The molecule has 0 heterocycles. The molecule has 1 unspecified atom stereocenters. The molecule has 3 heteroatoms. The van der Waals surface area contributed by atoms with Crippen LogP contribution in [0.5, 0.6) is 0 Å². The molecule has 0 bridgehead atoms. The topological polar surface area (TPSA) is 57.5 Å². The Balaban J connectivity index is 2.63. The average molecular weight is 142 g/mol. The van der Waals surface area contributed by atoms with Crippen LogP contribution in [0.3, 0.4) is 0 Å². The van der Waals surface area contributed by atoms with E-state index in [4.69, 9.17) is 10.2 Å². The van der Waals surface area contributed by atoms with Gasteiger partial charge in [0.05, 0.1) is 12.5 Å². The smallest absolute Gasteiger partial charge is 0.310 e. The third kappa shape index (κ3) is 1.19. The van der Waals surface area contributed by atoms with Gasteiger partial charge in [0.1, 0.15) is 0 Å². The summed E-state index contributed by atoms with van der Waals surface area (Å²) in [5, 5.41) is 17.2. The maximum absolute atomic E-state index is 10.4. The molecule has 0 aromatic heterocycles. The second-order valence-electron chi connectivity index (χ2n) is 2.41. The van der Waals surface area contributed by atoms with Crippen LogP contribution in [0, 0.1) is 5.92 Å². The van der Waals surface area contributed by atoms with Crippen molar-refractivity contribution in [1.82, 2.24) is 0 Å². The molecule has 10 heavy (non-hydrogen) atoms. The molecule has 0 aromatic rings. The van der Waals surface area contributed by atoms with Gasteiger partial charge in [0.2, 0.25) is 0 Å². The summed E-state index contributed by atoms with van der Waals surface area (Å²) in [4.78, 5) is 10.4. The Hall–Kier alpha value is -0.830. The van der Waals surface area contributed by atoms with Crippen molar-refractivity contribution in [1.29, 1.82) is 0 Å². The van der Waals surface area contributed by atoms with Crippen molar-refractivity contribution in [2.75, 3.05) is 6.61 Å². The fourth-order valence-corrected chi connectivity index (χ4v) is 1.22. The third-order valence-electron chi connectivity index (χ3n) is 1.79. The Kier molecular flexibility index (Phi) is 2.06. The van der Waals surface area contributed by atoms with Crippen molar-refractivity contribution >= 4 is 5.97 Å². The molecule has 1 rings (SSSR count). The Morgan fingerprint density at radius 3 is 2.90 bits per heavy atom. The first-order valence-corrected chi connectivity index (χ1v) is 3.28. The fourth-order valence-electron chi connectivity index (χ4n) is 1.22. The lowest BCUT2D eigenvalue weighted by Gasteiger charge is -2.05. The van der Waals surface area contributed by atoms with E-state index in [-0.39, 0.29) is 6.61 Å². The molecule has 0 radical (unpaired) electrons. The molecular formula is C7H10O3. The molecule has 1 atom stereocenters. The van der Waals surface area contributed by atoms with Gasteiger partial charge in [0.15, 0.2) is 0 Å². The molecule has 0 fully saturated rings. The van der Waals surface area contributed by atoms with Crippen molar-refractivity contribution in [3.8, 4) is 0 Å². The molecule has 1 aliphatic rings. The molecule has 0 aromatic carbocycles. The first-order chi connectivity index (χ1) is 4.75. The summed E-state index contributed by atoms with van der Waals surface area (Å²) in [7, 11) is 0. The Labute approximate surface area is 59.0 Å². The average Bonchev–Trinajstić information content (AvgIpc) is 2.33. The van der Waals surface area contributed by atoms with E-state index in [0.717, 1.165) is 6.42 Å². The molecule has 0 saturated heterocycles. The summed E-state index contributed by atoms with van der Waals surface area (Å²) in [5.41, 5.74) is 0.660. The maximum Gasteiger partial charge on any atom is 0.310 e. The van der Waals surface area contributed by atoms with Crippen LogP contribution < -0.4 is 0 Å². The van der Waals surface area contributed by atoms with E-state index in [1.807, 2.05) is 0 Å². The van der Waals surface area contributed by atoms with Gasteiger partial charge in [-0.2, -0.15) is 0 Å². The summed E-state index contributed by atoms with van der Waals surface area (Å²) in [5.74, 6) is -1.25. The fraction of sp³-hybridized carbons (Fsp3) is 0.571. The minimum absolute atomic E-state index is 0.114. The summed E-state index contributed by atoms with van der Waals surface area (Å²) in [6.45, 7) is -0.114. The number of carboxylic acid groups (broad SMARTS) is 1. The van der Waals surface area contributed by atoms with Crippen LogP contribution in [0.4, 0.5) is 0 Å². The predicted octanol–water partition coefficient (Wildman–Crippen LogP) is 0.400. The van der Waals surface area contributed by atoms with Gasteiger partial charge in [-0.05, 0) is 18.4 Å². The number of aliphatic hydroxyl groups is 1.